The van der Waals surface area contributed by atoms with Gasteiger partial charge in [-0.25, -0.2) is 13.8 Å². The zero-order valence-corrected chi connectivity index (χ0v) is 11.0. The number of hydrogen-bond acceptors (Lipinski definition) is 4. The highest BCUT2D eigenvalue weighted by Crippen LogP contribution is 2.28. The van der Waals surface area contributed by atoms with Gasteiger partial charge in [0, 0.05) is 22.7 Å². The highest BCUT2D eigenvalue weighted by molar-refractivity contribution is 9.08. The number of rotatable bonds is 4. The van der Waals surface area contributed by atoms with Crippen molar-refractivity contribution in [3.05, 3.63) is 28.6 Å². The summed E-state index contributed by atoms with van der Waals surface area (Å²) in [5.41, 5.74) is 0.0602. The van der Waals surface area contributed by atoms with E-state index < -0.39 is 12.4 Å². The predicted molar refractivity (Wildman–Crippen MR) is 62.3 cm³/mol. The molecule has 96 valence electrons. The van der Waals surface area contributed by atoms with Crippen LogP contribution in [0.15, 0.2) is 6.20 Å². The minimum absolute atomic E-state index is 0.0233. The molecule has 0 N–H and O–H groups in total. The molecule has 0 atom stereocenters. The number of carbonyl (C=O) groups excluding carboxylic acids is 1. The second kappa shape index (κ2) is 6.40. The van der Waals surface area contributed by atoms with Crippen LogP contribution in [0.2, 0.25) is 0 Å². The minimum atomic E-state index is -2.76. The highest BCUT2D eigenvalue weighted by Gasteiger charge is 2.21. The summed E-state index contributed by atoms with van der Waals surface area (Å²) in [6.45, 7) is 0. The molecule has 0 spiro atoms. The molecule has 0 unspecified atom stereocenters. The largest absolute Gasteiger partial charge is 0.469 e. The number of carbonyl (C=O) groups is 1. The summed E-state index contributed by atoms with van der Waals surface area (Å²) in [5, 5.41) is 9.02. The molecule has 1 heterocycles. The van der Waals surface area contributed by atoms with Crippen molar-refractivity contribution in [1.29, 1.82) is 5.26 Å². The van der Waals surface area contributed by atoms with E-state index in [2.05, 4.69) is 25.7 Å². The summed E-state index contributed by atoms with van der Waals surface area (Å²) in [5.74, 6) is -0.644. The molecule has 0 radical (unpaired) electrons. The summed E-state index contributed by atoms with van der Waals surface area (Å²) in [6.07, 6.45) is -2.15. The average Bonchev–Trinajstić information content (AvgIpc) is 2.37. The van der Waals surface area contributed by atoms with Gasteiger partial charge in [-0.3, -0.25) is 4.79 Å². The Morgan fingerprint density at radius 2 is 2.28 bits per heavy atom. The monoisotopic (exact) mass is 318 g/mol. The van der Waals surface area contributed by atoms with Gasteiger partial charge in [-0.1, -0.05) is 15.9 Å². The van der Waals surface area contributed by atoms with Gasteiger partial charge in [0.05, 0.1) is 13.5 Å². The van der Waals surface area contributed by atoms with Crippen molar-refractivity contribution in [2.75, 3.05) is 7.11 Å². The third-order valence-corrected chi connectivity index (χ3v) is 2.92. The second-order valence-corrected chi connectivity index (χ2v) is 3.88. The molecule has 0 aliphatic rings. The number of esters is 1. The third kappa shape index (κ3) is 3.01. The lowest BCUT2D eigenvalue weighted by Gasteiger charge is -2.12. The van der Waals surface area contributed by atoms with Crippen molar-refractivity contribution >= 4 is 21.9 Å². The molecule has 1 aromatic heterocycles. The van der Waals surface area contributed by atoms with Crippen LogP contribution in [-0.2, 0) is 21.3 Å². The molecule has 7 heteroatoms. The van der Waals surface area contributed by atoms with Gasteiger partial charge in [-0.05, 0) is 5.56 Å². The molecule has 0 bridgehead atoms. The van der Waals surface area contributed by atoms with E-state index in [4.69, 9.17) is 5.26 Å². The fourth-order valence-corrected chi connectivity index (χ4v) is 2.06. The van der Waals surface area contributed by atoms with Gasteiger partial charge in [-0.2, -0.15) is 5.26 Å². The van der Waals surface area contributed by atoms with E-state index in [-0.39, 0.29) is 28.6 Å². The topological polar surface area (TPSA) is 63.0 Å². The smallest absolute Gasteiger partial charge is 0.310 e. The summed E-state index contributed by atoms with van der Waals surface area (Å²) < 4.78 is 30.1. The van der Waals surface area contributed by atoms with Crippen molar-refractivity contribution in [3.63, 3.8) is 0 Å². The molecule has 0 saturated heterocycles. The molecule has 0 saturated carbocycles. The summed E-state index contributed by atoms with van der Waals surface area (Å²) in [4.78, 5) is 14.9. The van der Waals surface area contributed by atoms with Crippen LogP contribution in [0.4, 0.5) is 8.78 Å². The molecule has 4 nitrogen and oxygen atoms in total. The van der Waals surface area contributed by atoms with Crippen molar-refractivity contribution in [2.24, 2.45) is 0 Å². The first kappa shape index (κ1) is 14.5. The minimum Gasteiger partial charge on any atom is -0.469 e. The summed E-state index contributed by atoms with van der Waals surface area (Å²) >= 11 is 3.11. The Morgan fingerprint density at radius 1 is 1.61 bits per heavy atom. The Morgan fingerprint density at radius 3 is 2.72 bits per heavy atom. The van der Waals surface area contributed by atoms with E-state index in [0.717, 1.165) is 6.20 Å². The first-order valence-corrected chi connectivity index (χ1v) is 5.99. The Balaban J connectivity index is 3.39. The van der Waals surface area contributed by atoms with E-state index in [1.165, 1.54) is 7.11 Å². The molecule has 0 fully saturated rings. The van der Waals surface area contributed by atoms with Crippen LogP contribution in [0.5, 0.6) is 0 Å². The van der Waals surface area contributed by atoms with Gasteiger partial charge in [0.1, 0.15) is 11.8 Å². The molecule has 1 aromatic rings. The maximum Gasteiger partial charge on any atom is 0.310 e. The van der Waals surface area contributed by atoms with Gasteiger partial charge < -0.3 is 4.74 Å². The van der Waals surface area contributed by atoms with Crippen LogP contribution in [-0.4, -0.2) is 18.1 Å². The number of nitriles is 1. The third-order valence-electron chi connectivity index (χ3n) is 2.35. The molecule has 18 heavy (non-hydrogen) atoms. The van der Waals surface area contributed by atoms with Crippen LogP contribution in [0.25, 0.3) is 0 Å². The lowest BCUT2D eigenvalue weighted by Crippen LogP contribution is -2.12. The molecule has 0 amide bonds. The quantitative estimate of drug-likeness (QED) is 0.632. The number of methoxy groups -OCH3 is 1. The zero-order valence-electron chi connectivity index (χ0n) is 9.41. The van der Waals surface area contributed by atoms with E-state index in [9.17, 15) is 13.6 Å². The van der Waals surface area contributed by atoms with E-state index in [1.807, 2.05) is 0 Å². The van der Waals surface area contributed by atoms with Crippen LogP contribution < -0.4 is 0 Å². The number of halogens is 3. The van der Waals surface area contributed by atoms with Gasteiger partial charge in [0.25, 0.3) is 6.43 Å². The van der Waals surface area contributed by atoms with Crippen LogP contribution in [0.1, 0.15) is 28.8 Å². The normalized spacial score (nSPS) is 10.2. The lowest BCUT2D eigenvalue weighted by atomic mass is 10.00. The van der Waals surface area contributed by atoms with Crippen molar-refractivity contribution in [1.82, 2.24) is 4.98 Å². The standard InChI is InChI=1S/C11H9BrF2N2O2/c1-18-10(17)2-6-7(3-12)9(4-15)16-5-8(6)11(13)14/h5,11H,2-3H2,1H3. The number of ether oxygens (including phenoxy) is 1. The van der Waals surface area contributed by atoms with Crippen molar-refractivity contribution < 1.29 is 18.3 Å². The summed E-state index contributed by atoms with van der Waals surface area (Å²) in [7, 11) is 1.17. The Labute approximate surface area is 111 Å². The van der Waals surface area contributed by atoms with E-state index in [1.54, 1.807) is 6.07 Å². The van der Waals surface area contributed by atoms with E-state index in [0.29, 0.717) is 5.56 Å². The number of pyridine rings is 1. The maximum atomic E-state index is 12.8. The predicted octanol–water partition coefficient (Wildman–Crippen LogP) is 2.50. The molecule has 0 aliphatic heterocycles. The molecular weight excluding hydrogens is 310 g/mol. The average molecular weight is 319 g/mol. The molecule has 0 aliphatic carbocycles. The number of nitrogens with zero attached hydrogens (tertiary/aromatic N) is 2. The van der Waals surface area contributed by atoms with Gasteiger partial charge in [0.15, 0.2) is 0 Å². The number of hydrogen-bond donors (Lipinski definition) is 0. The first-order valence-electron chi connectivity index (χ1n) is 4.86. The lowest BCUT2D eigenvalue weighted by molar-refractivity contribution is -0.139. The molecule has 1 rings (SSSR count). The van der Waals surface area contributed by atoms with Crippen LogP contribution in [0, 0.1) is 11.3 Å². The Bertz CT molecular complexity index is 501. The highest BCUT2D eigenvalue weighted by atomic mass is 79.9. The van der Waals surface area contributed by atoms with Gasteiger partial charge in [0.2, 0.25) is 0 Å². The zero-order chi connectivity index (χ0) is 13.7. The van der Waals surface area contributed by atoms with E-state index >= 15 is 0 Å². The van der Waals surface area contributed by atoms with Gasteiger partial charge in [-0.15, -0.1) is 0 Å². The Hall–Kier alpha value is -1.55. The first-order chi connectivity index (χ1) is 8.54. The SMILES string of the molecule is COC(=O)Cc1c(C(F)F)cnc(C#N)c1CBr. The molecular formula is C11H9BrF2N2O2. The number of alkyl halides is 3. The van der Waals surface area contributed by atoms with Crippen molar-refractivity contribution in [3.8, 4) is 6.07 Å². The van der Waals surface area contributed by atoms with Gasteiger partial charge >= 0.3 is 5.97 Å². The number of aromatic nitrogens is 1. The fourth-order valence-electron chi connectivity index (χ4n) is 1.46. The Kier molecular flexibility index (Phi) is 5.16. The summed E-state index contributed by atoms with van der Waals surface area (Å²) in [6, 6.07) is 1.81. The van der Waals surface area contributed by atoms with Crippen molar-refractivity contribution in [2.45, 2.75) is 18.2 Å². The maximum absolute atomic E-state index is 12.8. The van der Waals surface area contributed by atoms with Crippen LogP contribution >= 0.6 is 15.9 Å². The fraction of sp³-hybridized carbons (Fsp3) is 0.364. The molecule has 0 aromatic carbocycles. The van der Waals surface area contributed by atoms with Crippen LogP contribution in [0.3, 0.4) is 0 Å². The second-order valence-electron chi connectivity index (χ2n) is 3.32.